The molecule has 0 bridgehead atoms. The van der Waals surface area contributed by atoms with Gasteiger partial charge in [0.2, 0.25) is 11.8 Å². The van der Waals surface area contributed by atoms with Gasteiger partial charge in [-0.3, -0.25) is 9.97 Å². The van der Waals surface area contributed by atoms with Crippen molar-refractivity contribution >= 4 is 11.8 Å². The standard InChI is InChI=1S/C30H28N6O2/c1-29(2)17-37-27(35-29)22-12-10-20(15-31-22)24-14-25(34-26(33-24)19-8-6-5-7-9-19)21-11-13-23(32-16-21)28-36-30(3,4)18-38-28/h5-16H,17-18H2,1-4H3. The van der Waals surface area contributed by atoms with Gasteiger partial charge in [0.25, 0.3) is 0 Å². The number of rotatable bonds is 5. The number of aliphatic imine (C=N–C) groups is 2. The van der Waals surface area contributed by atoms with Gasteiger partial charge < -0.3 is 9.47 Å². The predicted molar refractivity (Wildman–Crippen MR) is 147 cm³/mol. The van der Waals surface area contributed by atoms with E-state index in [9.17, 15) is 0 Å². The summed E-state index contributed by atoms with van der Waals surface area (Å²) < 4.78 is 11.5. The van der Waals surface area contributed by atoms with E-state index in [0.717, 1.165) is 28.1 Å². The van der Waals surface area contributed by atoms with Crippen molar-refractivity contribution in [3.8, 4) is 33.9 Å². The molecule has 0 saturated heterocycles. The van der Waals surface area contributed by atoms with E-state index in [2.05, 4.69) is 20.0 Å². The summed E-state index contributed by atoms with van der Waals surface area (Å²) in [6.45, 7) is 9.25. The maximum absolute atomic E-state index is 5.75. The molecule has 0 spiro atoms. The van der Waals surface area contributed by atoms with Gasteiger partial charge in [-0.2, -0.15) is 0 Å². The fraction of sp³-hybridized carbons (Fsp3) is 0.267. The number of benzene rings is 1. The second-order valence-corrected chi connectivity index (χ2v) is 10.7. The highest BCUT2D eigenvalue weighted by Crippen LogP contribution is 2.28. The van der Waals surface area contributed by atoms with Crippen LogP contribution in [0.25, 0.3) is 33.9 Å². The quantitative estimate of drug-likeness (QED) is 0.362. The average molecular weight is 505 g/mol. The Balaban J connectivity index is 1.37. The van der Waals surface area contributed by atoms with E-state index in [0.29, 0.717) is 42.2 Å². The predicted octanol–water partition coefficient (Wildman–Crippen LogP) is 5.38. The lowest BCUT2D eigenvalue weighted by atomic mass is 10.1. The molecule has 4 aromatic rings. The van der Waals surface area contributed by atoms with Gasteiger partial charge in [-0.15, -0.1) is 0 Å². The molecule has 2 aliphatic rings. The number of hydrogen-bond acceptors (Lipinski definition) is 8. The molecule has 8 heteroatoms. The van der Waals surface area contributed by atoms with Crippen LogP contribution in [0.15, 0.2) is 83.0 Å². The molecule has 0 atom stereocenters. The summed E-state index contributed by atoms with van der Waals surface area (Å²) in [7, 11) is 0. The molecule has 0 amide bonds. The number of pyridine rings is 2. The Bertz CT molecular complexity index is 1450. The summed E-state index contributed by atoms with van der Waals surface area (Å²) in [4.78, 5) is 28.2. The zero-order chi connectivity index (χ0) is 26.3. The van der Waals surface area contributed by atoms with E-state index < -0.39 is 0 Å². The van der Waals surface area contributed by atoms with Crippen LogP contribution in [0.2, 0.25) is 0 Å². The molecule has 8 nitrogen and oxygen atoms in total. The lowest BCUT2D eigenvalue weighted by molar-refractivity contribution is 0.279. The van der Waals surface area contributed by atoms with E-state index in [4.69, 9.17) is 19.4 Å². The van der Waals surface area contributed by atoms with Crippen LogP contribution in [0.5, 0.6) is 0 Å². The lowest BCUT2D eigenvalue weighted by Gasteiger charge is -2.10. The third kappa shape index (κ3) is 4.89. The Morgan fingerprint density at radius 3 is 1.47 bits per heavy atom. The van der Waals surface area contributed by atoms with Crippen molar-refractivity contribution in [2.45, 2.75) is 38.8 Å². The van der Waals surface area contributed by atoms with Crippen molar-refractivity contribution in [3.63, 3.8) is 0 Å². The first-order valence-corrected chi connectivity index (χ1v) is 12.6. The van der Waals surface area contributed by atoms with Crippen molar-refractivity contribution in [3.05, 3.63) is 84.4 Å². The Morgan fingerprint density at radius 1 is 0.579 bits per heavy atom. The monoisotopic (exact) mass is 504 g/mol. The van der Waals surface area contributed by atoms with Gasteiger partial charge in [-0.1, -0.05) is 30.3 Å². The molecule has 6 rings (SSSR count). The van der Waals surface area contributed by atoms with Crippen LogP contribution in [0.3, 0.4) is 0 Å². The third-order valence-corrected chi connectivity index (χ3v) is 6.25. The average Bonchev–Trinajstić information content (AvgIpc) is 3.49. The summed E-state index contributed by atoms with van der Waals surface area (Å²) in [5, 5.41) is 0. The van der Waals surface area contributed by atoms with Crippen LogP contribution in [0, 0.1) is 0 Å². The number of hydrogen-bond donors (Lipinski definition) is 0. The molecule has 190 valence electrons. The fourth-order valence-corrected chi connectivity index (χ4v) is 4.23. The smallest absolute Gasteiger partial charge is 0.236 e. The minimum absolute atomic E-state index is 0.238. The number of ether oxygens (including phenoxy) is 2. The summed E-state index contributed by atoms with van der Waals surface area (Å²) in [5.41, 5.74) is 5.12. The highest BCUT2D eigenvalue weighted by atomic mass is 16.5. The zero-order valence-corrected chi connectivity index (χ0v) is 21.8. The summed E-state index contributed by atoms with van der Waals surface area (Å²) in [5.74, 6) is 1.77. The van der Waals surface area contributed by atoms with Crippen LogP contribution in [-0.2, 0) is 9.47 Å². The molecular weight excluding hydrogens is 476 g/mol. The molecule has 1 aromatic carbocycles. The molecule has 0 radical (unpaired) electrons. The van der Waals surface area contributed by atoms with Crippen molar-refractivity contribution < 1.29 is 9.47 Å². The molecule has 0 unspecified atom stereocenters. The second kappa shape index (κ2) is 9.13. The molecule has 0 N–H and O–H groups in total. The normalized spacial score (nSPS) is 17.4. The van der Waals surface area contributed by atoms with Gasteiger partial charge in [0, 0.05) is 29.1 Å². The molecular formula is C30H28N6O2. The first kappa shape index (κ1) is 23.9. The lowest BCUT2D eigenvalue weighted by Crippen LogP contribution is -2.17. The first-order chi connectivity index (χ1) is 18.2. The molecule has 0 aliphatic carbocycles. The Hall–Kier alpha value is -4.46. The summed E-state index contributed by atoms with van der Waals surface area (Å²) in [6, 6.07) is 19.7. The molecule has 5 heterocycles. The number of aromatic nitrogens is 4. The molecule has 2 aliphatic heterocycles. The van der Waals surface area contributed by atoms with Gasteiger partial charge in [0.15, 0.2) is 5.82 Å². The van der Waals surface area contributed by atoms with Crippen LogP contribution < -0.4 is 0 Å². The molecule has 38 heavy (non-hydrogen) atoms. The third-order valence-electron chi connectivity index (χ3n) is 6.25. The highest BCUT2D eigenvalue weighted by molar-refractivity contribution is 5.94. The minimum Gasteiger partial charge on any atom is -0.474 e. The first-order valence-electron chi connectivity index (χ1n) is 12.6. The number of nitrogens with zero attached hydrogens (tertiary/aromatic N) is 6. The van der Waals surface area contributed by atoms with E-state index in [1.807, 2.05) is 88.4 Å². The SMILES string of the molecule is CC1(C)COC(c2ccc(-c3cc(-c4ccc(C5=NC(C)(C)CO5)nc4)nc(-c4ccccc4)n3)cn2)=N1. The van der Waals surface area contributed by atoms with E-state index in [-0.39, 0.29) is 11.1 Å². The van der Waals surface area contributed by atoms with Crippen molar-refractivity contribution in [2.24, 2.45) is 9.98 Å². The van der Waals surface area contributed by atoms with Crippen molar-refractivity contribution in [2.75, 3.05) is 13.2 Å². The zero-order valence-electron chi connectivity index (χ0n) is 21.8. The van der Waals surface area contributed by atoms with Crippen molar-refractivity contribution in [1.82, 2.24) is 19.9 Å². The molecule has 0 saturated carbocycles. The maximum atomic E-state index is 5.75. The summed E-state index contributed by atoms with van der Waals surface area (Å²) in [6.07, 6.45) is 3.60. The Kier molecular flexibility index (Phi) is 5.75. The molecule has 3 aromatic heterocycles. The topological polar surface area (TPSA) is 94.7 Å². The second-order valence-electron chi connectivity index (χ2n) is 10.7. The van der Waals surface area contributed by atoms with E-state index in [1.54, 1.807) is 12.4 Å². The minimum atomic E-state index is -0.238. The fourth-order valence-electron chi connectivity index (χ4n) is 4.23. The van der Waals surface area contributed by atoms with E-state index >= 15 is 0 Å². The Morgan fingerprint density at radius 2 is 1.08 bits per heavy atom. The van der Waals surface area contributed by atoms with Gasteiger partial charge >= 0.3 is 0 Å². The van der Waals surface area contributed by atoms with Crippen LogP contribution in [-0.4, -0.2) is 56.0 Å². The van der Waals surface area contributed by atoms with Crippen LogP contribution in [0.4, 0.5) is 0 Å². The highest BCUT2D eigenvalue weighted by Gasteiger charge is 2.28. The van der Waals surface area contributed by atoms with Crippen LogP contribution >= 0.6 is 0 Å². The van der Waals surface area contributed by atoms with Crippen LogP contribution in [0.1, 0.15) is 39.1 Å². The largest absolute Gasteiger partial charge is 0.474 e. The maximum Gasteiger partial charge on any atom is 0.236 e. The van der Waals surface area contributed by atoms with Gasteiger partial charge in [0.05, 0.1) is 22.5 Å². The van der Waals surface area contributed by atoms with Gasteiger partial charge in [-0.05, 0) is 58.0 Å². The van der Waals surface area contributed by atoms with E-state index in [1.165, 1.54) is 0 Å². The Labute approximate surface area is 221 Å². The molecule has 0 fully saturated rings. The summed E-state index contributed by atoms with van der Waals surface area (Å²) >= 11 is 0. The van der Waals surface area contributed by atoms with Crippen molar-refractivity contribution in [1.29, 1.82) is 0 Å². The van der Waals surface area contributed by atoms with Gasteiger partial charge in [0.1, 0.15) is 24.6 Å². The van der Waals surface area contributed by atoms with Gasteiger partial charge in [-0.25, -0.2) is 20.0 Å².